The molecule has 7 unspecified atom stereocenters. The molecule has 0 aromatic heterocycles. The van der Waals surface area contributed by atoms with E-state index < -0.39 is 111 Å². The zero-order chi connectivity index (χ0) is 103. The van der Waals surface area contributed by atoms with E-state index in [0.29, 0.717) is 68.0 Å². The van der Waals surface area contributed by atoms with E-state index in [1.165, 1.54) is 31.9 Å². The van der Waals surface area contributed by atoms with Crippen molar-refractivity contribution in [3.63, 3.8) is 0 Å². The first-order valence-corrected chi connectivity index (χ1v) is 53.5. The van der Waals surface area contributed by atoms with Crippen LogP contribution in [0.5, 0.6) is 23.0 Å². The van der Waals surface area contributed by atoms with Crippen LogP contribution in [0, 0.1) is 67.2 Å². The second-order valence-electron chi connectivity index (χ2n) is 34.9. The number of aliphatic hydroxyl groups is 3. The molecule has 32 nitrogen and oxygen atoms in total. The summed E-state index contributed by atoms with van der Waals surface area (Å²) in [6.45, 7) is 31.1. The normalized spacial score (nSPS) is 21.2. The Bertz CT molecular complexity index is 4810. The predicted molar refractivity (Wildman–Crippen MR) is 583 cm³/mol. The summed E-state index contributed by atoms with van der Waals surface area (Å²) in [6.07, 6.45) is -2.02. The molecular formula is C100H142Ba6Cl3NO31P3S3+. The number of halogens is 3. The maximum atomic E-state index is 14.2. The van der Waals surface area contributed by atoms with Crippen molar-refractivity contribution >= 4 is 409 Å². The van der Waals surface area contributed by atoms with Gasteiger partial charge in [0.1, 0.15) is 46.9 Å². The molecule has 12 rings (SSSR count). The van der Waals surface area contributed by atoms with Gasteiger partial charge < -0.3 is 85.8 Å². The van der Waals surface area contributed by atoms with Gasteiger partial charge in [-0.25, -0.2) is 53.6 Å². The first-order valence-electron chi connectivity index (χ1n) is 45.4. The summed E-state index contributed by atoms with van der Waals surface area (Å²) in [5, 5.41) is 42.8. The molecule has 4 N–H and O–H groups in total. The molecule has 6 fully saturated rings. The standard InChI is InChI=1S/C39H49O10PS.C32H36O8P.C17H29O9PS.C7H14O2S.C2HCl3O2.C2H3N.CH4.6Ba.6H/c1-7-33-35(22-24-44-33)49-50(41,46-25-26-51-37(40)38(2,3)4)47-27-36-34(21-23-45-36)48-39(28-11-9-8-10-12-28,29-13-17-31(42-5)18-14-29)30-15-19-32(43-6)20-16-30;1-4-28-30(19-21-36-28)40-41(33)38-22-31-29(18-20-37-31)39-32(23-8-6-5-7-9-23,24-10-14-26(34-2)15-11-24)25-12-16-27(35-3)17-13-25;1-17(2,3)16(20)28-9-8-24-27(21,25-11-15-12(19)4-6-23-15)26-13-5-7-22-14(13)10-18;1-7(2,3)6(9)10-5-4-8;3-2(4,5)1(6)7;1-2-3;;;;;;;;;;;;;/h8-20,23-24,33-36H,7,21-22,25-27H2,1-6H3;5-17,20-21,28-31H,4,18-19,22H2,1-3H3;6-7,12-15,18-19H,4-5,8-11H2,1-3H3;8H,4-5H2,1-3H3;(H,6,7);1H3;1H4;;;;;;;;;;;;/q-2;-1;-2;;;;;6*+2;6*-1/t33-,34?,35?,36-,50+;28-,29?,30?,31-;12?,13?,14-,15-,27+;;;;;;;;;;;;;;;;/m111................/s1. The molecule has 6 heterocycles. The quantitative estimate of drug-likeness (QED) is 0.00690. The topological polar surface area (TPSA) is 409 Å². The molecule has 6 aliphatic heterocycles. The van der Waals surface area contributed by atoms with Crippen molar-refractivity contribution in [3.05, 3.63) is 231 Å². The van der Waals surface area contributed by atoms with E-state index in [1.54, 1.807) is 60.9 Å². The average Bonchev–Trinajstić information content (AvgIpc) is 1.71. The summed E-state index contributed by atoms with van der Waals surface area (Å²) < 4.78 is 153. The number of thioether (sulfide) groups is 3. The van der Waals surface area contributed by atoms with Gasteiger partial charge in [-0.05, 0) is 94.8 Å². The van der Waals surface area contributed by atoms with Gasteiger partial charge in [-0.1, -0.05) is 263 Å². The number of carbonyl (C=O) groups excluding carboxylic acids is 3. The Balaban J connectivity index is -0.000000377. The number of carboxylic acids is 1. The summed E-state index contributed by atoms with van der Waals surface area (Å²) in [4.78, 5) is 45.1. The summed E-state index contributed by atoms with van der Waals surface area (Å²) in [5.74, 6) is 2.54. The number of methoxy groups -OCH3 is 4. The van der Waals surface area contributed by atoms with Gasteiger partial charge in [0.2, 0.25) is 0 Å². The number of alkyl halides is 3. The number of carboxylic acid groups (broad SMARTS) is 1. The third-order valence-corrected chi connectivity index (χ3v) is 29.5. The number of phosphoric ester groups is 2. The fourth-order valence-electron chi connectivity index (χ4n) is 14.0. The second-order valence-corrected chi connectivity index (χ2v) is 44.5. The van der Waals surface area contributed by atoms with Crippen LogP contribution in [0.25, 0.3) is 0 Å². The van der Waals surface area contributed by atoms with Crippen molar-refractivity contribution < 1.29 is 155 Å². The van der Waals surface area contributed by atoms with E-state index >= 15 is 0 Å². The monoisotopic (exact) mass is 2970 g/mol. The minimum absolute atomic E-state index is 0. The van der Waals surface area contributed by atoms with Gasteiger partial charge >= 0.3 is 323 Å². The van der Waals surface area contributed by atoms with Crippen molar-refractivity contribution in [2.75, 3.05) is 91.9 Å². The molecule has 6 aromatic carbocycles. The number of aliphatic hydroxyl groups excluding tert-OH is 3. The van der Waals surface area contributed by atoms with Crippen molar-refractivity contribution in [2.45, 2.75) is 230 Å². The molecule has 0 spiro atoms. The van der Waals surface area contributed by atoms with Crippen molar-refractivity contribution in [3.8, 4) is 29.1 Å². The number of aliphatic carboxylic acids is 1. The molecule has 0 radical (unpaired) electrons. The van der Waals surface area contributed by atoms with Gasteiger partial charge in [0.05, 0.1) is 135 Å². The Kier molecular flexibility index (Phi) is 79.3. The Morgan fingerprint density at radius 3 is 1.03 bits per heavy atom. The van der Waals surface area contributed by atoms with Crippen LogP contribution >= 0.6 is 94.0 Å². The molecule has 798 valence electrons. The minimum atomic E-state index is -4.14. The molecule has 6 aliphatic rings. The number of rotatable bonds is 42. The number of hydrogen-bond acceptors (Lipinski definition) is 34. The number of carbonyl (C=O) groups is 4. The van der Waals surface area contributed by atoms with E-state index in [2.05, 4.69) is 12.1 Å². The molecule has 6 saturated heterocycles. The number of benzene rings is 6. The Morgan fingerprint density at radius 2 is 0.721 bits per heavy atom. The second kappa shape index (κ2) is 77.4. The van der Waals surface area contributed by atoms with Gasteiger partial charge in [-0.2, -0.15) is 5.26 Å². The van der Waals surface area contributed by atoms with Crippen molar-refractivity contribution in [2.24, 2.45) is 16.2 Å². The van der Waals surface area contributed by atoms with Gasteiger partial charge in [0, 0.05) is 51.1 Å². The van der Waals surface area contributed by atoms with E-state index in [4.69, 9.17) is 143 Å². The molecule has 47 heteroatoms. The third kappa shape index (κ3) is 50.3. The van der Waals surface area contributed by atoms with Crippen LogP contribution in [-0.2, 0) is 118 Å². The maximum Gasteiger partial charge on any atom is 2.00 e. The Labute approximate surface area is 1150 Å². The van der Waals surface area contributed by atoms with Gasteiger partial charge in [-0.3, -0.25) is 41.5 Å². The summed E-state index contributed by atoms with van der Waals surface area (Å²) in [5.41, 5.74) is 2.04. The number of ether oxygens (including phenoxy) is 12. The first-order chi connectivity index (χ1) is 66.6. The first kappa shape index (κ1) is 151. The summed E-state index contributed by atoms with van der Waals surface area (Å²) in [7, 11) is -4.00. The Hall–Kier alpha value is 3.64. The summed E-state index contributed by atoms with van der Waals surface area (Å²) in [6, 6.07) is 53.1. The molecule has 0 amide bonds. The predicted octanol–water partition coefficient (Wildman–Crippen LogP) is 19.6. The molecule has 0 saturated carbocycles. The smallest absolute Gasteiger partial charge is 1.00 e. The van der Waals surface area contributed by atoms with Gasteiger partial charge in [0.15, 0.2) is 15.3 Å². The molecule has 147 heavy (non-hydrogen) atoms. The minimum Gasteiger partial charge on any atom is -1.00 e. The van der Waals surface area contributed by atoms with Crippen LogP contribution in [-0.4, -0.2) is 504 Å². The molecular weight excluding hydrogens is 2830 g/mol. The van der Waals surface area contributed by atoms with Crippen LogP contribution in [0.3, 0.4) is 0 Å². The third-order valence-electron chi connectivity index (χ3n) is 21.5. The summed E-state index contributed by atoms with van der Waals surface area (Å²) >= 11 is 17.8. The average molecular weight is 2970 g/mol. The van der Waals surface area contributed by atoms with Crippen LogP contribution < -0.4 is 18.9 Å². The van der Waals surface area contributed by atoms with Crippen LogP contribution in [0.15, 0.2) is 158 Å². The van der Waals surface area contributed by atoms with Crippen LogP contribution in [0.2, 0.25) is 0 Å². The number of hydrogen-bond donors (Lipinski definition) is 4. The maximum absolute atomic E-state index is 14.2. The Morgan fingerprint density at radius 1 is 0.442 bits per heavy atom. The van der Waals surface area contributed by atoms with E-state index in [-0.39, 0.29) is 400 Å². The van der Waals surface area contributed by atoms with E-state index in [1.807, 2.05) is 222 Å². The molecule has 6 aromatic rings. The van der Waals surface area contributed by atoms with Crippen LogP contribution in [0.1, 0.15) is 184 Å². The largest absolute Gasteiger partial charge is 2.00 e. The fourth-order valence-corrected chi connectivity index (χ4v) is 20.1. The van der Waals surface area contributed by atoms with Gasteiger partial charge in [-0.15, -0.1) is 47.6 Å². The number of phosphoric acid groups is 2. The van der Waals surface area contributed by atoms with Gasteiger partial charge in [0.25, 0.3) is 3.79 Å². The number of nitrogens with zero attached hydrogens (tertiary/aromatic N) is 1. The number of nitriles is 1. The van der Waals surface area contributed by atoms with Crippen molar-refractivity contribution in [1.29, 1.82) is 5.26 Å². The van der Waals surface area contributed by atoms with Crippen molar-refractivity contribution in [1.82, 2.24) is 0 Å². The SMILES string of the molecule is C.CC#N.CC(C)(C)C(=O)SCCO.CC(C)(C)C(=O)SCCO[P@@](=O)(OC[C@H]1O[CH-]CC1O)OC1C[CH-]O[C@@H]1CO.CC[C@H]1O[CH-]CC1O[P+](=O)OC[C@H]1O[CH-]CC1OC(c1ccccc1)(c1ccc(OC)cc1)c1ccc(OC)cc1.CC[C@H]1O[CH-]CC1O[P@@](=O)(OCCSC(=O)C(C)(C)C)OC[C@H]1O[CH-]CC1OC(c1ccccc1)(c1ccc(OC)cc1)c1ccc(OC)cc1.O=C(O)C(Cl)(Cl)Cl.[Ba+2].[Ba+2].[Ba+2].[Ba+2].[Ba+2].[Ba+2].[H-].[H-].[H-].[H-].[H-].[H-]. The zero-order valence-electron chi connectivity index (χ0n) is 91.8. The molecule has 0 bridgehead atoms. The molecule has 15 atom stereocenters. The van der Waals surface area contributed by atoms with E-state index in [0.717, 1.165) is 74.8 Å². The zero-order valence-corrected chi connectivity index (χ0v) is 120. The fraction of sp³-hybridized carbons (Fsp3) is 0.530. The van der Waals surface area contributed by atoms with Crippen LogP contribution in [0.4, 0.5) is 0 Å². The molecule has 0 aliphatic carbocycles. The van der Waals surface area contributed by atoms with E-state index in [9.17, 15) is 43.1 Å².